The maximum absolute atomic E-state index is 2.26. The molecule has 0 N–H and O–H groups in total. The third-order valence-corrected chi connectivity index (χ3v) is 1.71. The Morgan fingerprint density at radius 2 is 1.83 bits per heavy atom. The highest BCUT2D eigenvalue weighted by Crippen LogP contribution is 1.96. The summed E-state index contributed by atoms with van der Waals surface area (Å²) in [5.41, 5.74) is 0. The molecule has 0 aromatic carbocycles. The molecule has 0 heterocycles. The summed E-state index contributed by atoms with van der Waals surface area (Å²) in [4.78, 5) is 2.26. The molecule has 0 amide bonds. The van der Waals surface area contributed by atoms with E-state index in [1.54, 1.807) is 0 Å². The maximum Gasteiger partial charge on any atom is 0.0169 e. The zero-order valence-electron chi connectivity index (χ0n) is 8.55. The molecule has 0 fully saturated rings. The van der Waals surface area contributed by atoms with Crippen LogP contribution >= 0.6 is 12.4 Å². The Morgan fingerprint density at radius 3 is 2.33 bits per heavy atom. The summed E-state index contributed by atoms with van der Waals surface area (Å²) in [6.07, 6.45) is 9.50. The Kier molecular flexibility index (Phi) is 13.0. The molecule has 1 nitrogen and oxygen atoms in total. The van der Waals surface area contributed by atoms with Crippen molar-refractivity contribution in [2.24, 2.45) is 0 Å². The van der Waals surface area contributed by atoms with Gasteiger partial charge in [0, 0.05) is 13.6 Å². The van der Waals surface area contributed by atoms with Gasteiger partial charge in [0.05, 0.1) is 0 Å². The normalized spacial score (nSPS) is 9.92. The molecule has 0 bridgehead atoms. The van der Waals surface area contributed by atoms with Crippen LogP contribution in [0, 0.1) is 0 Å². The third kappa shape index (κ3) is 9.83. The number of halogens is 1. The van der Waals surface area contributed by atoms with Crippen molar-refractivity contribution in [1.82, 2.24) is 4.90 Å². The van der Waals surface area contributed by atoms with Crippen molar-refractivity contribution in [3.05, 3.63) is 12.3 Å². The summed E-state index contributed by atoms with van der Waals surface area (Å²) in [6.45, 7) is 5.60. The van der Waals surface area contributed by atoms with E-state index in [2.05, 4.69) is 38.1 Å². The van der Waals surface area contributed by atoms with Gasteiger partial charge in [0.15, 0.2) is 0 Å². The summed E-state index contributed by atoms with van der Waals surface area (Å²) in [5.74, 6) is 0. The number of nitrogens with zero attached hydrogens (tertiary/aromatic N) is 1. The van der Waals surface area contributed by atoms with Crippen molar-refractivity contribution in [3.63, 3.8) is 0 Å². The predicted octanol–water partition coefficient (Wildman–Crippen LogP) is 3.45. The maximum atomic E-state index is 2.26. The summed E-state index contributed by atoms with van der Waals surface area (Å²) >= 11 is 0. The zero-order chi connectivity index (χ0) is 8.53. The highest BCUT2D eigenvalue weighted by Gasteiger charge is 1.88. The Morgan fingerprint density at radius 1 is 1.17 bits per heavy atom. The van der Waals surface area contributed by atoms with E-state index in [4.69, 9.17) is 0 Å². The van der Waals surface area contributed by atoms with Gasteiger partial charge in [-0.3, -0.25) is 0 Å². The lowest BCUT2D eigenvalue weighted by Gasteiger charge is -2.12. The molecule has 0 atom stereocenters. The van der Waals surface area contributed by atoms with E-state index in [1.165, 1.54) is 25.8 Å². The second-order valence-electron chi connectivity index (χ2n) is 2.98. The fourth-order valence-electron chi connectivity index (χ4n) is 0.971. The minimum absolute atomic E-state index is 0. The van der Waals surface area contributed by atoms with Gasteiger partial charge >= 0.3 is 0 Å². The van der Waals surface area contributed by atoms with E-state index in [0.29, 0.717) is 0 Å². The number of allylic oxidation sites excluding steroid dienone is 1. The van der Waals surface area contributed by atoms with Gasteiger partial charge in [-0.15, -0.1) is 12.4 Å². The fourth-order valence-corrected chi connectivity index (χ4v) is 0.971. The lowest BCUT2D eigenvalue weighted by Crippen LogP contribution is -2.11. The van der Waals surface area contributed by atoms with Crippen molar-refractivity contribution in [3.8, 4) is 0 Å². The van der Waals surface area contributed by atoms with Crippen molar-refractivity contribution < 1.29 is 0 Å². The third-order valence-electron chi connectivity index (χ3n) is 1.71. The molecule has 0 unspecified atom stereocenters. The predicted molar refractivity (Wildman–Crippen MR) is 58.8 cm³/mol. The Hall–Kier alpha value is -0.170. The van der Waals surface area contributed by atoms with Gasteiger partial charge in [-0.05, 0) is 19.0 Å². The van der Waals surface area contributed by atoms with Crippen LogP contribution < -0.4 is 0 Å². The topological polar surface area (TPSA) is 3.24 Å². The van der Waals surface area contributed by atoms with Gasteiger partial charge in [0.2, 0.25) is 0 Å². The number of rotatable bonds is 6. The molecule has 0 saturated heterocycles. The van der Waals surface area contributed by atoms with Crippen LogP contribution in [0.3, 0.4) is 0 Å². The molecule has 12 heavy (non-hydrogen) atoms. The molecule has 74 valence electrons. The molecule has 0 spiro atoms. The summed E-state index contributed by atoms with van der Waals surface area (Å²) in [6, 6.07) is 0. The molecular weight excluding hydrogens is 170 g/mol. The second-order valence-corrected chi connectivity index (χ2v) is 2.98. The lowest BCUT2D eigenvalue weighted by atomic mass is 10.2. The van der Waals surface area contributed by atoms with Crippen LogP contribution in [-0.2, 0) is 0 Å². The molecule has 0 aliphatic carbocycles. The molecule has 0 aliphatic rings. The standard InChI is InChI=1S/C10H21N.ClH/c1-4-6-8-10-11(3)9-7-5-2;/h7,9H,4-6,8,10H2,1-3H3;1H. The first kappa shape index (κ1) is 14.4. The van der Waals surface area contributed by atoms with Crippen LogP contribution in [0.2, 0.25) is 0 Å². The molecule has 0 aromatic rings. The van der Waals surface area contributed by atoms with E-state index in [0.717, 1.165) is 6.42 Å². The van der Waals surface area contributed by atoms with E-state index in [9.17, 15) is 0 Å². The van der Waals surface area contributed by atoms with Gasteiger partial charge in [-0.2, -0.15) is 0 Å². The van der Waals surface area contributed by atoms with Crippen molar-refractivity contribution >= 4 is 12.4 Å². The first-order valence-corrected chi connectivity index (χ1v) is 4.68. The molecule has 0 saturated carbocycles. The minimum atomic E-state index is 0. The smallest absolute Gasteiger partial charge is 0.0169 e. The quantitative estimate of drug-likeness (QED) is 0.582. The second kappa shape index (κ2) is 10.8. The summed E-state index contributed by atoms with van der Waals surface area (Å²) in [5, 5.41) is 0. The molecule has 0 aromatic heterocycles. The van der Waals surface area contributed by atoms with Gasteiger partial charge in [0.25, 0.3) is 0 Å². The van der Waals surface area contributed by atoms with Crippen LogP contribution in [0.4, 0.5) is 0 Å². The van der Waals surface area contributed by atoms with E-state index in [1.807, 2.05) is 0 Å². The van der Waals surface area contributed by atoms with Gasteiger partial charge in [0.1, 0.15) is 0 Å². The largest absolute Gasteiger partial charge is 0.381 e. The van der Waals surface area contributed by atoms with Crippen molar-refractivity contribution in [1.29, 1.82) is 0 Å². The van der Waals surface area contributed by atoms with Gasteiger partial charge in [-0.1, -0.05) is 32.8 Å². The van der Waals surface area contributed by atoms with Crippen molar-refractivity contribution in [2.75, 3.05) is 13.6 Å². The average molecular weight is 192 g/mol. The van der Waals surface area contributed by atoms with E-state index >= 15 is 0 Å². The molecule has 0 aliphatic heterocycles. The highest BCUT2D eigenvalue weighted by molar-refractivity contribution is 5.85. The monoisotopic (exact) mass is 191 g/mol. The number of hydrogen-bond acceptors (Lipinski definition) is 1. The van der Waals surface area contributed by atoms with Gasteiger partial charge in [-0.25, -0.2) is 0 Å². The SMILES string of the molecule is CCC=CN(C)CCCCC.Cl. The zero-order valence-corrected chi connectivity index (χ0v) is 9.36. The van der Waals surface area contributed by atoms with Crippen LogP contribution in [-0.4, -0.2) is 18.5 Å². The first-order valence-electron chi connectivity index (χ1n) is 4.68. The fraction of sp³-hybridized carbons (Fsp3) is 0.800. The minimum Gasteiger partial charge on any atom is -0.381 e. The van der Waals surface area contributed by atoms with Crippen LogP contribution in [0.1, 0.15) is 39.5 Å². The summed E-state index contributed by atoms with van der Waals surface area (Å²) in [7, 11) is 2.14. The molecule has 0 rings (SSSR count). The Balaban J connectivity index is 0. The van der Waals surface area contributed by atoms with Crippen molar-refractivity contribution in [2.45, 2.75) is 39.5 Å². The summed E-state index contributed by atoms with van der Waals surface area (Å²) < 4.78 is 0. The van der Waals surface area contributed by atoms with E-state index in [-0.39, 0.29) is 12.4 Å². The highest BCUT2D eigenvalue weighted by atomic mass is 35.5. The Labute approximate surface area is 83.2 Å². The molecule has 0 radical (unpaired) electrons. The van der Waals surface area contributed by atoms with E-state index < -0.39 is 0 Å². The average Bonchev–Trinajstić information content (AvgIpc) is 2.01. The molecule has 2 heteroatoms. The van der Waals surface area contributed by atoms with Crippen LogP contribution in [0.5, 0.6) is 0 Å². The van der Waals surface area contributed by atoms with Gasteiger partial charge < -0.3 is 4.90 Å². The number of unbranched alkanes of at least 4 members (excludes halogenated alkanes) is 2. The van der Waals surface area contributed by atoms with Crippen LogP contribution in [0.25, 0.3) is 0 Å². The molecular formula is C10H22ClN. The first-order chi connectivity index (χ1) is 5.31. The van der Waals surface area contributed by atoms with Crippen LogP contribution in [0.15, 0.2) is 12.3 Å². The Bertz CT molecular complexity index is 102. The number of hydrogen-bond donors (Lipinski definition) is 0. The lowest BCUT2D eigenvalue weighted by molar-refractivity contribution is 0.434.